The van der Waals surface area contributed by atoms with Crippen molar-refractivity contribution in [1.29, 1.82) is 0 Å². The van der Waals surface area contributed by atoms with Crippen molar-refractivity contribution in [2.75, 3.05) is 10.0 Å². The number of nitrogens with one attached hydrogen (secondary N) is 2. The molecule has 6 nitrogen and oxygen atoms in total. The average molecular weight is 395 g/mol. The Morgan fingerprint density at radius 2 is 1.96 bits per heavy atom. The lowest BCUT2D eigenvalue weighted by Gasteiger charge is -2.07. The summed E-state index contributed by atoms with van der Waals surface area (Å²) < 4.78 is 3.22. The molecule has 4 rings (SSSR count). The van der Waals surface area contributed by atoms with Gasteiger partial charge in [-0.1, -0.05) is 6.07 Å². The molecule has 2 aromatic carbocycles. The Labute approximate surface area is 163 Å². The third kappa shape index (κ3) is 3.71. The van der Waals surface area contributed by atoms with Crippen LogP contribution in [0.2, 0.25) is 0 Å². The molecule has 0 aliphatic carbocycles. The molecule has 0 unspecified atom stereocenters. The third-order valence-corrected chi connectivity index (χ3v) is 5.63. The average Bonchev–Trinajstić information content (AvgIpc) is 3.29. The highest BCUT2D eigenvalue weighted by atomic mass is 32.2. The first-order chi connectivity index (χ1) is 13.1. The number of hydrogen-bond acceptors (Lipinski definition) is 6. The maximum Gasteiger partial charge on any atom is 0.269 e. The van der Waals surface area contributed by atoms with Crippen molar-refractivity contribution in [3.8, 4) is 0 Å². The number of carbonyl (C=O) groups excluding carboxylic acids is 1. The molecule has 0 radical (unpaired) electrons. The summed E-state index contributed by atoms with van der Waals surface area (Å²) in [5.74, 6) is -0.112. The largest absolute Gasteiger partial charge is 0.326 e. The topological polar surface area (TPSA) is 84.3 Å². The summed E-state index contributed by atoms with van der Waals surface area (Å²) in [4.78, 5) is 24.4. The van der Waals surface area contributed by atoms with Gasteiger partial charge in [0.25, 0.3) is 11.6 Å². The van der Waals surface area contributed by atoms with Gasteiger partial charge in [0.05, 0.1) is 10.5 Å². The molecule has 1 aliphatic heterocycles. The van der Waals surface area contributed by atoms with Crippen LogP contribution >= 0.6 is 23.3 Å². The summed E-state index contributed by atoms with van der Waals surface area (Å²) in [5, 5.41) is 15.6. The Balaban J connectivity index is 1.53. The predicted molar refractivity (Wildman–Crippen MR) is 110 cm³/mol. The van der Waals surface area contributed by atoms with Crippen LogP contribution in [-0.2, 0) is 4.79 Å². The number of carbonyl (C=O) groups is 1. The fourth-order valence-corrected chi connectivity index (χ4v) is 3.96. The summed E-state index contributed by atoms with van der Waals surface area (Å²) >= 11 is 2.93. The zero-order chi connectivity index (χ0) is 18.8. The predicted octanol–water partition coefficient (Wildman–Crippen LogP) is 5.27. The molecule has 0 atom stereocenters. The summed E-state index contributed by atoms with van der Waals surface area (Å²) in [6.45, 7) is 0. The normalized spacial score (nSPS) is 14.1. The van der Waals surface area contributed by atoms with Gasteiger partial charge in [-0.2, -0.15) is 0 Å². The van der Waals surface area contributed by atoms with Crippen LogP contribution in [0.1, 0.15) is 10.4 Å². The number of nitro groups is 1. The molecule has 1 amide bonds. The summed E-state index contributed by atoms with van der Waals surface area (Å²) in [7, 11) is 0. The van der Waals surface area contributed by atoms with Crippen LogP contribution < -0.4 is 10.0 Å². The second-order valence-corrected chi connectivity index (χ2v) is 7.60. The van der Waals surface area contributed by atoms with Crippen molar-refractivity contribution in [2.24, 2.45) is 0 Å². The zero-order valence-electron chi connectivity index (χ0n) is 13.8. The van der Waals surface area contributed by atoms with Crippen LogP contribution in [0.4, 0.5) is 17.1 Å². The van der Waals surface area contributed by atoms with Crippen molar-refractivity contribution in [2.45, 2.75) is 4.90 Å². The van der Waals surface area contributed by atoms with Gasteiger partial charge in [0, 0.05) is 38.8 Å². The number of non-ortho nitro benzene ring substituents is 1. The second-order valence-electron chi connectivity index (χ2n) is 5.74. The van der Waals surface area contributed by atoms with E-state index in [0.29, 0.717) is 5.57 Å². The minimum atomic E-state index is -0.423. The van der Waals surface area contributed by atoms with Crippen LogP contribution in [-0.4, -0.2) is 10.8 Å². The number of thiophene rings is 1. The van der Waals surface area contributed by atoms with E-state index >= 15 is 0 Å². The maximum atomic E-state index is 12.3. The number of fused-ring (bicyclic) bond motifs is 1. The van der Waals surface area contributed by atoms with E-state index in [1.54, 1.807) is 23.5 Å². The molecule has 0 saturated heterocycles. The minimum absolute atomic E-state index is 0.0600. The Kier molecular flexibility index (Phi) is 4.66. The van der Waals surface area contributed by atoms with E-state index in [2.05, 4.69) is 10.0 Å². The molecule has 0 bridgehead atoms. The van der Waals surface area contributed by atoms with Crippen molar-refractivity contribution in [3.63, 3.8) is 0 Å². The van der Waals surface area contributed by atoms with Crippen molar-refractivity contribution < 1.29 is 9.72 Å². The van der Waals surface area contributed by atoms with Gasteiger partial charge in [-0.25, -0.2) is 0 Å². The number of hydrogen-bond donors (Lipinski definition) is 2. The molecule has 2 N–H and O–H groups in total. The van der Waals surface area contributed by atoms with E-state index in [-0.39, 0.29) is 11.6 Å². The van der Waals surface area contributed by atoms with Crippen LogP contribution in [0, 0.1) is 10.1 Å². The highest BCUT2D eigenvalue weighted by molar-refractivity contribution is 8.00. The molecule has 27 heavy (non-hydrogen) atoms. The molecule has 1 aliphatic rings. The van der Waals surface area contributed by atoms with Gasteiger partial charge in [0.1, 0.15) is 0 Å². The first kappa shape index (κ1) is 17.3. The third-order valence-electron chi connectivity index (χ3n) is 3.97. The van der Waals surface area contributed by atoms with Crippen molar-refractivity contribution in [3.05, 3.63) is 80.5 Å². The summed E-state index contributed by atoms with van der Waals surface area (Å²) in [6, 6.07) is 15.9. The van der Waals surface area contributed by atoms with Crippen LogP contribution in [0.25, 0.3) is 11.6 Å². The molecule has 2 heterocycles. The Bertz CT molecular complexity index is 1040. The first-order valence-corrected chi connectivity index (χ1v) is 9.68. The lowest BCUT2D eigenvalue weighted by molar-refractivity contribution is -0.384. The molecule has 0 spiro atoms. The van der Waals surface area contributed by atoms with Gasteiger partial charge in [-0.3, -0.25) is 14.9 Å². The van der Waals surface area contributed by atoms with Gasteiger partial charge in [-0.05, 0) is 59.8 Å². The smallest absolute Gasteiger partial charge is 0.269 e. The Morgan fingerprint density at radius 1 is 1.15 bits per heavy atom. The summed E-state index contributed by atoms with van der Waals surface area (Å²) in [5.41, 5.74) is 3.17. The molecule has 8 heteroatoms. The lowest BCUT2D eigenvalue weighted by Crippen LogP contribution is -2.03. The van der Waals surface area contributed by atoms with E-state index in [0.717, 1.165) is 26.7 Å². The molecule has 1 aromatic heterocycles. The Morgan fingerprint density at radius 3 is 2.67 bits per heavy atom. The minimum Gasteiger partial charge on any atom is -0.326 e. The van der Waals surface area contributed by atoms with Gasteiger partial charge < -0.3 is 10.0 Å². The number of amides is 1. The molecule has 0 fully saturated rings. The molecule has 0 saturated carbocycles. The van der Waals surface area contributed by atoms with E-state index in [1.165, 1.54) is 24.1 Å². The number of benzene rings is 2. The maximum absolute atomic E-state index is 12.3. The van der Waals surface area contributed by atoms with Crippen LogP contribution in [0.5, 0.6) is 0 Å². The van der Waals surface area contributed by atoms with Crippen LogP contribution in [0.15, 0.2) is 64.9 Å². The molecular formula is C19H13N3O3S2. The first-order valence-electron chi connectivity index (χ1n) is 7.98. The molecular weight excluding hydrogens is 382 g/mol. The number of rotatable bonds is 5. The van der Waals surface area contributed by atoms with E-state index in [9.17, 15) is 14.9 Å². The number of nitro benzene ring substituents is 1. The SMILES string of the molecule is O=C1Nc2ccc(NSc3ccc([N+](=O)[O-])cc3)cc2/C1=C/c1cccs1. The van der Waals surface area contributed by atoms with E-state index < -0.39 is 4.92 Å². The highest BCUT2D eigenvalue weighted by Gasteiger charge is 2.24. The molecule has 134 valence electrons. The summed E-state index contributed by atoms with van der Waals surface area (Å²) in [6.07, 6.45) is 1.89. The standard InChI is InChI=1S/C19H13N3O3S2/c23-19-17(11-15-2-1-9-26-15)16-10-12(3-8-18(16)20-19)21-27-14-6-4-13(5-7-14)22(24)25/h1-11,21H,(H,20,23)/b17-11-. The monoisotopic (exact) mass is 395 g/mol. The van der Waals surface area contributed by atoms with E-state index in [1.807, 2.05) is 41.8 Å². The van der Waals surface area contributed by atoms with Gasteiger partial charge in [0.2, 0.25) is 0 Å². The number of anilines is 2. The fourth-order valence-electron chi connectivity index (χ4n) is 2.66. The van der Waals surface area contributed by atoms with Crippen molar-refractivity contribution >= 4 is 57.9 Å². The molecule has 3 aromatic rings. The quantitative estimate of drug-likeness (QED) is 0.266. The van der Waals surface area contributed by atoms with Gasteiger partial charge in [-0.15, -0.1) is 11.3 Å². The van der Waals surface area contributed by atoms with Gasteiger partial charge >= 0.3 is 0 Å². The highest BCUT2D eigenvalue weighted by Crippen LogP contribution is 2.36. The van der Waals surface area contributed by atoms with E-state index in [4.69, 9.17) is 0 Å². The zero-order valence-corrected chi connectivity index (χ0v) is 15.5. The fraction of sp³-hybridized carbons (Fsp3) is 0. The second kappa shape index (κ2) is 7.26. The lowest BCUT2D eigenvalue weighted by atomic mass is 10.1. The Hall–Kier alpha value is -3.10. The number of nitrogens with zero attached hydrogens (tertiary/aromatic N) is 1. The van der Waals surface area contributed by atoms with Crippen LogP contribution in [0.3, 0.4) is 0 Å². The van der Waals surface area contributed by atoms with Crippen molar-refractivity contribution in [1.82, 2.24) is 0 Å². The van der Waals surface area contributed by atoms with Gasteiger partial charge in [0.15, 0.2) is 0 Å².